The van der Waals surface area contributed by atoms with E-state index in [1.165, 1.54) is 0 Å². The Morgan fingerprint density at radius 3 is 2.50 bits per heavy atom. The third kappa shape index (κ3) is 5.61. The van der Waals surface area contributed by atoms with Crippen LogP contribution in [0.5, 0.6) is 0 Å². The lowest BCUT2D eigenvalue weighted by molar-refractivity contribution is -0.133. The number of oxazole rings is 1. The van der Waals surface area contributed by atoms with Gasteiger partial charge in [-0.1, -0.05) is 0 Å². The fourth-order valence-electron chi connectivity index (χ4n) is 3.93. The van der Waals surface area contributed by atoms with Crippen molar-refractivity contribution in [1.29, 1.82) is 0 Å². The quantitative estimate of drug-likeness (QED) is 0.572. The summed E-state index contributed by atoms with van der Waals surface area (Å²) in [5, 5.41) is 7.50. The van der Waals surface area contributed by atoms with Gasteiger partial charge in [0, 0.05) is 43.2 Å². The molecular formula is C22H24F3N5O2. The number of hydrogen-bond acceptors (Lipinski definition) is 6. The van der Waals surface area contributed by atoms with Crippen molar-refractivity contribution in [3.8, 4) is 11.5 Å². The summed E-state index contributed by atoms with van der Waals surface area (Å²) in [5.74, 6) is 1.25. The Kier molecular flexibility index (Phi) is 6.40. The molecule has 0 spiro atoms. The predicted octanol–water partition coefficient (Wildman–Crippen LogP) is 4.63. The Bertz CT molecular complexity index is 1090. The first kappa shape index (κ1) is 22.2. The molecule has 1 aliphatic rings. The Morgan fingerprint density at radius 1 is 1.06 bits per heavy atom. The van der Waals surface area contributed by atoms with Crippen LogP contribution in [0.1, 0.15) is 38.0 Å². The van der Waals surface area contributed by atoms with E-state index in [9.17, 15) is 18.0 Å². The average Bonchev–Trinajstić information content (AvgIpc) is 3.19. The van der Waals surface area contributed by atoms with Gasteiger partial charge in [-0.2, -0.15) is 13.2 Å². The van der Waals surface area contributed by atoms with E-state index in [1.54, 1.807) is 31.6 Å². The average molecular weight is 447 g/mol. The zero-order valence-electron chi connectivity index (χ0n) is 17.6. The highest BCUT2D eigenvalue weighted by atomic mass is 19.4. The number of aromatic nitrogens is 3. The number of anilines is 1. The molecule has 10 heteroatoms. The highest BCUT2D eigenvalue weighted by Crippen LogP contribution is 2.27. The van der Waals surface area contributed by atoms with Crippen LogP contribution in [0.2, 0.25) is 0 Å². The van der Waals surface area contributed by atoms with Gasteiger partial charge in [0.1, 0.15) is 11.5 Å². The van der Waals surface area contributed by atoms with E-state index in [-0.39, 0.29) is 24.4 Å². The number of aryl methyl sites for hydroxylation is 1. The van der Waals surface area contributed by atoms with E-state index < -0.39 is 12.6 Å². The zero-order chi connectivity index (χ0) is 22.7. The van der Waals surface area contributed by atoms with Crippen LogP contribution in [0, 0.1) is 12.8 Å². The molecule has 4 rings (SSSR count). The van der Waals surface area contributed by atoms with Crippen LogP contribution in [0.25, 0.3) is 22.2 Å². The molecule has 0 atom stereocenters. The molecular weight excluding hydrogens is 423 g/mol. The Balaban J connectivity index is 1.34. The third-order valence-corrected chi connectivity index (χ3v) is 5.67. The molecule has 7 nitrogen and oxygen atoms in total. The molecule has 0 saturated heterocycles. The second-order valence-electron chi connectivity index (χ2n) is 8.09. The summed E-state index contributed by atoms with van der Waals surface area (Å²) in [6.07, 6.45) is 2.56. The number of nitrogens with zero attached hydrogens (tertiary/aromatic N) is 3. The van der Waals surface area contributed by atoms with Crippen LogP contribution in [0.15, 0.2) is 35.1 Å². The summed E-state index contributed by atoms with van der Waals surface area (Å²) in [4.78, 5) is 25.4. The minimum atomic E-state index is -4.15. The van der Waals surface area contributed by atoms with Crippen molar-refractivity contribution < 1.29 is 22.4 Å². The fourth-order valence-corrected chi connectivity index (χ4v) is 3.93. The van der Waals surface area contributed by atoms with Gasteiger partial charge in [-0.3, -0.25) is 9.78 Å². The van der Waals surface area contributed by atoms with Gasteiger partial charge in [0.2, 0.25) is 5.91 Å². The zero-order valence-corrected chi connectivity index (χ0v) is 17.6. The number of halogens is 3. The van der Waals surface area contributed by atoms with Gasteiger partial charge >= 0.3 is 6.18 Å². The lowest BCUT2D eigenvalue weighted by atomic mass is 9.85. The van der Waals surface area contributed by atoms with Crippen LogP contribution in [-0.2, 0) is 4.79 Å². The van der Waals surface area contributed by atoms with Crippen molar-refractivity contribution in [2.45, 2.75) is 51.2 Å². The Hall–Kier alpha value is -3.01. The first-order valence-corrected chi connectivity index (χ1v) is 10.6. The first-order chi connectivity index (χ1) is 15.3. The molecule has 1 amide bonds. The molecule has 32 heavy (non-hydrogen) atoms. The SMILES string of the molecule is Cc1ncc(-c2cc3cc(NC(=O)C4CCC(NCCC(F)(F)F)CC4)ncc3cn2)o1. The molecule has 1 saturated carbocycles. The van der Waals surface area contributed by atoms with E-state index in [0.29, 0.717) is 48.8 Å². The third-order valence-electron chi connectivity index (χ3n) is 5.67. The molecule has 2 N–H and O–H groups in total. The smallest absolute Gasteiger partial charge is 0.390 e. The molecule has 0 unspecified atom stereocenters. The summed E-state index contributed by atoms with van der Waals surface area (Å²) < 4.78 is 42.4. The molecule has 0 aliphatic heterocycles. The summed E-state index contributed by atoms with van der Waals surface area (Å²) in [6, 6.07) is 3.65. The van der Waals surface area contributed by atoms with Crippen molar-refractivity contribution in [2.24, 2.45) is 5.92 Å². The van der Waals surface area contributed by atoms with Crippen LogP contribution < -0.4 is 10.6 Å². The summed E-state index contributed by atoms with van der Waals surface area (Å²) in [6.45, 7) is 1.67. The van der Waals surface area contributed by atoms with E-state index >= 15 is 0 Å². The summed E-state index contributed by atoms with van der Waals surface area (Å²) >= 11 is 0. The number of rotatable bonds is 6. The van der Waals surface area contributed by atoms with Gasteiger partial charge in [-0.15, -0.1) is 0 Å². The number of nitrogens with one attached hydrogen (secondary N) is 2. The van der Waals surface area contributed by atoms with Crippen molar-refractivity contribution in [1.82, 2.24) is 20.3 Å². The first-order valence-electron chi connectivity index (χ1n) is 10.6. The molecule has 170 valence electrons. The van der Waals surface area contributed by atoms with Crippen molar-refractivity contribution in [3.05, 3.63) is 36.6 Å². The largest absolute Gasteiger partial charge is 0.439 e. The molecule has 1 aliphatic carbocycles. The van der Waals surface area contributed by atoms with Crippen molar-refractivity contribution in [2.75, 3.05) is 11.9 Å². The highest BCUT2D eigenvalue weighted by Gasteiger charge is 2.29. The topological polar surface area (TPSA) is 92.9 Å². The number of amides is 1. The number of hydrogen-bond donors (Lipinski definition) is 2. The standard InChI is InChI=1S/C22H24F3N5O2/c1-13-27-12-19(32-13)18-8-15-9-20(29-11-16(15)10-28-18)30-21(31)14-2-4-17(5-3-14)26-7-6-22(23,24)25/h8-12,14,17,26H,2-7H2,1H3,(H,29,30,31). The molecule has 1 fully saturated rings. The fraction of sp³-hybridized carbons (Fsp3) is 0.455. The van der Waals surface area contributed by atoms with Crippen LogP contribution in [0.3, 0.4) is 0 Å². The highest BCUT2D eigenvalue weighted by molar-refractivity contribution is 5.94. The molecule has 0 aromatic carbocycles. The predicted molar refractivity (Wildman–Crippen MR) is 113 cm³/mol. The monoisotopic (exact) mass is 447 g/mol. The van der Waals surface area contributed by atoms with E-state index in [0.717, 1.165) is 10.8 Å². The normalized spacial score (nSPS) is 19.2. The molecule has 0 bridgehead atoms. The number of carbonyl (C=O) groups excluding carboxylic acids is 1. The van der Waals surface area contributed by atoms with E-state index in [1.807, 2.05) is 6.07 Å². The molecule has 0 radical (unpaired) electrons. The van der Waals surface area contributed by atoms with Crippen molar-refractivity contribution in [3.63, 3.8) is 0 Å². The minimum absolute atomic E-state index is 0.0193. The van der Waals surface area contributed by atoms with Gasteiger partial charge in [0.05, 0.1) is 12.6 Å². The second-order valence-corrected chi connectivity index (χ2v) is 8.09. The van der Waals surface area contributed by atoms with Gasteiger partial charge in [-0.25, -0.2) is 9.97 Å². The van der Waals surface area contributed by atoms with Crippen LogP contribution in [-0.4, -0.2) is 39.6 Å². The van der Waals surface area contributed by atoms with E-state index in [4.69, 9.17) is 4.42 Å². The second kappa shape index (κ2) is 9.23. The number of carbonyl (C=O) groups is 1. The van der Waals surface area contributed by atoms with Gasteiger partial charge in [0.25, 0.3) is 0 Å². The lowest BCUT2D eigenvalue weighted by Gasteiger charge is -2.28. The maximum atomic E-state index is 12.7. The molecule has 3 aromatic rings. The number of alkyl halides is 3. The summed E-state index contributed by atoms with van der Waals surface area (Å²) in [7, 11) is 0. The number of pyridine rings is 2. The van der Waals surface area contributed by atoms with Gasteiger partial charge < -0.3 is 15.1 Å². The number of fused-ring (bicyclic) bond motifs is 1. The molecule has 3 heterocycles. The maximum Gasteiger partial charge on any atom is 0.390 e. The van der Waals surface area contributed by atoms with E-state index in [2.05, 4.69) is 25.6 Å². The Morgan fingerprint density at radius 2 is 1.81 bits per heavy atom. The van der Waals surface area contributed by atoms with Gasteiger partial charge in [0.15, 0.2) is 11.7 Å². The van der Waals surface area contributed by atoms with Gasteiger partial charge in [-0.05, 0) is 43.2 Å². The molecule has 3 aromatic heterocycles. The van der Waals surface area contributed by atoms with Crippen molar-refractivity contribution >= 4 is 22.5 Å². The van der Waals surface area contributed by atoms with Crippen LogP contribution in [0.4, 0.5) is 19.0 Å². The minimum Gasteiger partial charge on any atom is -0.439 e. The maximum absolute atomic E-state index is 12.7. The summed E-state index contributed by atoms with van der Waals surface area (Å²) in [5.41, 5.74) is 0.637. The van der Waals surface area contributed by atoms with Crippen LogP contribution >= 0.6 is 0 Å². The Labute approximate surface area is 182 Å². The lowest BCUT2D eigenvalue weighted by Crippen LogP contribution is -2.37.